The van der Waals surface area contributed by atoms with Crippen molar-refractivity contribution in [1.29, 1.82) is 0 Å². The van der Waals surface area contributed by atoms with Crippen LogP contribution in [0.5, 0.6) is 0 Å². The van der Waals surface area contributed by atoms with Gasteiger partial charge in [-0.15, -0.1) is 0 Å². The molecule has 1 fully saturated rings. The first-order valence-corrected chi connectivity index (χ1v) is 6.16. The molecule has 1 aromatic heterocycles. The number of hydrogen-bond donors (Lipinski definition) is 2. The van der Waals surface area contributed by atoms with Gasteiger partial charge in [-0.05, 0) is 25.8 Å². The third-order valence-electron chi connectivity index (χ3n) is 3.09. The van der Waals surface area contributed by atoms with Gasteiger partial charge in [-0.3, -0.25) is 9.59 Å². The number of nitrogens with zero attached hydrogens (tertiary/aromatic N) is 3. The fraction of sp³-hybridized carbons (Fsp3) is 0.500. The first-order valence-electron chi connectivity index (χ1n) is 6.16. The van der Waals surface area contributed by atoms with Crippen LogP contribution in [0.15, 0.2) is 18.5 Å². The minimum absolute atomic E-state index is 0.292. The van der Waals surface area contributed by atoms with Crippen molar-refractivity contribution in [3.05, 3.63) is 18.5 Å². The van der Waals surface area contributed by atoms with Crippen LogP contribution in [-0.2, 0) is 9.59 Å². The number of carbonyl (C=O) groups excluding carboxylic acids is 1. The van der Waals surface area contributed by atoms with E-state index in [-0.39, 0.29) is 5.91 Å². The molecule has 2 N–H and O–H groups in total. The predicted molar refractivity (Wildman–Crippen MR) is 67.6 cm³/mol. The van der Waals surface area contributed by atoms with Crippen LogP contribution in [0.1, 0.15) is 19.8 Å². The van der Waals surface area contributed by atoms with Crippen LogP contribution in [0.3, 0.4) is 0 Å². The van der Waals surface area contributed by atoms with Gasteiger partial charge in [0.05, 0.1) is 0 Å². The van der Waals surface area contributed by atoms with Crippen LogP contribution in [0.4, 0.5) is 5.95 Å². The van der Waals surface area contributed by atoms with Crippen LogP contribution >= 0.6 is 0 Å². The maximum atomic E-state index is 12.1. The second-order valence-electron chi connectivity index (χ2n) is 4.47. The smallest absolute Gasteiger partial charge is 0.325 e. The molecule has 2 rings (SSSR count). The summed E-state index contributed by atoms with van der Waals surface area (Å²) >= 11 is 0. The summed E-state index contributed by atoms with van der Waals surface area (Å²) in [4.78, 5) is 32.9. The summed E-state index contributed by atoms with van der Waals surface area (Å²) in [6, 6.07) is 0.414. The summed E-state index contributed by atoms with van der Waals surface area (Å²) in [7, 11) is 0. The number of anilines is 1. The molecule has 2 atom stereocenters. The molecule has 19 heavy (non-hydrogen) atoms. The maximum Gasteiger partial charge on any atom is 0.325 e. The predicted octanol–water partition coefficient (Wildman–Crippen LogP) is 0.0347. The lowest BCUT2D eigenvalue weighted by Gasteiger charge is -2.24. The summed E-state index contributed by atoms with van der Waals surface area (Å²) < 4.78 is 0. The molecule has 0 spiro atoms. The highest BCUT2D eigenvalue weighted by Crippen LogP contribution is 2.21. The van der Waals surface area contributed by atoms with Gasteiger partial charge in [0.25, 0.3) is 0 Å². The molecule has 1 saturated heterocycles. The Kier molecular flexibility index (Phi) is 3.94. The first kappa shape index (κ1) is 13.3. The van der Waals surface area contributed by atoms with E-state index >= 15 is 0 Å². The lowest BCUT2D eigenvalue weighted by atomic mass is 10.2. The van der Waals surface area contributed by atoms with E-state index in [0.29, 0.717) is 18.9 Å². The molecule has 0 radical (unpaired) electrons. The van der Waals surface area contributed by atoms with Crippen molar-refractivity contribution in [3.8, 4) is 0 Å². The number of amides is 1. The van der Waals surface area contributed by atoms with Crippen LogP contribution in [0.2, 0.25) is 0 Å². The van der Waals surface area contributed by atoms with Crippen molar-refractivity contribution in [2.45, 2.75) is 31.8 Å². The molecule has 1 aliphatic rings. The Morgan fingerprint density at radius 1 is 1.47 bits per heavy atom. The summed E-state index contributed by atoms with van der Waals surface area (Å²) in [5.74, 6) is -0.836. The monoisotopic (exact) mass is 264 g/mol. The van der Waals surface area contributed by atoms with Crippen LogP contribution in [0, 0.1) is 0 Å². The Morgan fingerprint density at radius 3 is 2.79 bits per heavy atom. The minimum atomic E-state index is -1.05. The van der Waals surface area contributed by atoms with E-state index in [1.165, 1.54) is 6.92 Å². The quantitative estimate of drug-likeness (QED) is 0.797. The molecule has 0 aliphatic carbocycles. The largest absolute Gasteiger partial charge is 0.480 e. The van der Waals surface area contributed by atoms with Gasteiger partial charge < -0.3 is 15.3 Å². The molecule has 1 aliphatic heterocycles. The maximum absolute atomic E-state index is 12.1. The molecular weight excluding hydrogens is 248 g/mol. The average molecular weight is 264 g/mol. The van der Waals surface area contributed by atoms with E-state index < -0.39 is 18.1 Å². The van der Waals surface area contributed by atoms with Crippen molar-refractivity contribution in [1.82, 2.24) is 15.3 Å². The number of aromatic nitrogens is 2. The number of carboxylic acids is 1. The molecule has 102 valence electrons. The lowest BCUT2D eigenvalue weighted by molar-refractivity contribution is -0.141. The highest BCUT2D eigenvalue weighted by atomic mass is 16.4. The van der Waals surface area contributed by atoms with Crippen molar-refractivity contribution >= 4 is 17.8 Å². The van der Waals surface area contributed by atoms with Crippen LogP contribution < -0.4 is 10.2 Å². The zero-order chi connectivity index (χ0) is 13.8. The van der Waals surface area contributed by atoms with Gasteiger partial charge in [-0.1, -0.05) is 0 Å². The van der Waals surface area contributed by atoms with Gasteiger partial charge in [-0.25, -0.2) is 9.97 Å². The van der Waals surface area contributed by atoms with E-state index in [1.807, 2.05) is 4.90 Å². The molecule has 0 aromatic carbocycles. The number of rotatable bonds is 4. The third-order valence-corrected chi connectivity index (χ3v) is 3.09. The molecule has 1 aromatic rings. The lowest BCUT2D eigenvalue weighted by Crippen LogP contribution is -2.48. The van der Waals surface area contributed by atoms with Gasteiger partial charge in [0, 0.05) is 18.9 Å². The Hall–Kier alpha value is -2.18. The Morgan fingerprint density at radius 2 is 2.16 bits per heavy atom. The van der Waals surface area contributed by atoms with Crippen LogP contribution in [0.25, 0.3) is 0 Å². The highest BCUT2D eigenvalue weighted by Gasteiger charge is 2.33. The fourth-order valence-corrected chi connectivity index (χ4v) is 2.09. The zero-order valence-corrected chi connectivity index (χ0v) is 10.6. The molecular formula is C12H16N4O3. The zero-order valence-electron chi connectivity index (χ0n) is 10.6. The molecule has 7 nitrogen and oxygen atoms in total. The summed E-state index contributed by atoms with van der Waals surface area (Å²) in [6.07, 6.45) is 4.78. The van der Waals surface area contributed by atoms with E-state index in [2.05, 4.69) is 15.3 Å². The van der Waals surface area contributed by atoms with Crippen LogP contribution in [-0.4, -0.2) is 45.6 Å². The van der Waals surface area contributed by atoms with Crippen molar-refractivity contribution in [2.75, 3.05) is 11.4 Å². The fourth-order valence-electron chi connectivity index (χ4n) is 2.09. The average Bonchev–Trinajstić information content (AvgIpc) is 2.88. The van der Waals surface area contributed by atoms with E-state index in [0.717, 1.165) is 6.42 Å². The Bertz CT molecular complexity index is 465. The molecule has 1 amide bonds. The van der Waals surface area contributed by atoms with Gasteiger partial charge in [-0.2, -0.15) is 0 Å². The van der Waals surface area contributed by atoms with Gasteiger partial charge >= 0.3 is 5.97 Å². The topological polar surface area (TPSA) is 95.4 Å². The van der Waals surface area contributed by atoms with Gasteiger partial charge in [0.1, 0.15) is 12.1 Å². The Balaban J connectivity index is 2.07. The first-order chi connectivity index (χ1) is 9.09. The van der Waals surface area contributed by atoms with Gasteiger partial charge in [0.15, 0.2) is 0 Å². The van der Waals surface area contributed by atoms with Crippen molar-refractivity contribution in [3.63, 3.8) is 0 Å². The summed E-state index contributed by atoms with van der Waals surface area (Å²) in [6.45, 7) is 2.14. The van der Waals surface area contributed by atoms with Gasteiger partial charge in [0.2, 0.25) is 11.9 Å². The number of nitrogens with one attached hydrogen (secondary N) is 1. The molecule has 0 bridgehead atoms. The molecule has 7 heteroatoms. The SMILES string of the molecule is C[C@@H](NC(=O)C1CCCN1c1ncccn1)C(=O)O. The number of hydrogen-bond acceptors (Lipinski definition) is 5. The highest BCUT2D eigenvalue weighted by molar-refractivity contribution is 5.89. The summed E-state index contributed by atoms with van der Waals surface area (Å²) in [5.41, 5.74) is 0. The van der Waals surface area contributed by atoms with E-state index in [1.54, 1.807) is 18.5 Å². The molecule has 1 unspecified atom stereocenters. The Labute approximate surface area is 110 Å². The van der Waals surface area contributed by atoms with E-state index in [9.17, 15) is 9.59 Å². The molecule has 0 saturated carbocycles. The number of carbonyl (C=O) groups is 2. The standard InChI is InChI=1S/C12H16N4O3/c1-8(11(18)19)15-10(17)9-4-2-7-16(9)12-13-5-3-6-14-12/h3,5-6,8-9H,2,4,7H2,1H3,(H,15,17)(H,18,19)/t8-,9?/m1/s1. The third kappa shape index (κ3) is 2.98. The summed E-state index contributed by atoms with van der Waals surface area (Å²) in [5, 5.41) is 11.3. The minimum Gasteiger partial charge on any atom is -0.480 e. The second-order valence-corrected chi connectivity index (χ2v) is 4.47. The number of carboxylic acid groups (broad SMARTS) is 1. The van der Waals surface area contributed by atoms with E-state index in [4.69, 9.17) is 5.11 Å². The normalized spacial score (nSPS) is 20.1. The molecule has 2 heterocycles. The van der Waals surface area contributed by atoms with Crippen molar-refractivity contribution in [2.24, 2.45) is 0 Å². The second kappa shape index (κ2) is 5.64. The number of aliphatic carboxylic acids is 1. The van der Waals surface area contributed by atoms with Crippen molar-refractivity contribution < 1.29 is 14.7 Å².